The van der Waals surface area contributed by atoms with Crippen LogP contribution in [0.5, 0.6) is 0 Å². The zero-order chi connectivity index (χ0) is 22.9. The molecular formula is C25H31FN4O2. The molecule has 2 aromatic rings. The van der Waals surface area contributed by atoms with Crippen molar-refractivity contribution in [3.05, 3.63) is 65.5 Å². The lowest BCUT2D eigenvalue weighted by Gasteiger charge is -2.44. The Balaban J connectivity index is 1.61. The molecule has 170 valence electrons. The van der Waals surface area contributed by atoms with Crippen molar-refractivity contribution < 1.29 is 14.0 Å². The Labute approximate surface area is 188 Å². The quantitative estimate of drug-likeness (QED) is 0.754. The van der Waals surface area contributed by atoms with E-state index in [9.17, 15) is 14.0 Å². The first-order valence-corrected chi connectivity index (χ1v) is 11.1. The van der Waals surface area contributed by atoms with E-state index in [-0.39, 0.29) is 36.1 Å². The Hall–Kier alpha value is -2.77. The molecule has 2 N–H and O–H groups in total. The smallest absolute Gasteiger partial charge is 0.238 e. The molecule has 0 bridgehead atoms. The molecule has 0 aromatic heterocycles. The van der Waals surface area contributed by atoms with Gasteiger partial charge in [-0.25, -0.2) is 4.39 Å². The number of carbonyl (C=O) groups is 2. The average Bonchev–Trinajstić information content (AvgIpc) is 3.02. The average molecular weight is 439 g/mol. The predicted molar refractivity (Wildman–Crippen MR) is 123 cm³/mol. The number of hydrogen-bond acceptors (Lipinski definition) is 4. The number of halogens is 1. The van der Waals surface area contributed by atoms with E-state index in [0.29, 0.717) is 17.8 Å². The summed E-state index contributed by atoms with van der Waals surface area (Å²) in [7, 11) is 2.07. The van der Waals surface area contributed by atoms with E-state index >= 15 is 0 Å². The molecule has 3 atom stereocenters. The maximum atomic E-state index is 13.9. The Bertz CT molecular complexity index is 999. The number of hydrogen-bond donors (Lipinski definition) is 2. The Morgan fingerprint density at radius 3 is 2.59 bits per heavy atom. The Morgan fingerprint density at radius 1 is 1.16 bits per heavy atom. The minimum atomic E-state index is -0.421. The van der Waals surface area contributed by atoms with Crippen LogP contribution in [0.3, 0.4) is 0 Å². The van der Waals surface area contributed by atoms with Crippen molar-refractivity contribution in [2.75, 3.05) is 38.5 Å². The minimum Gasteiger partial charge on any atom is -0.348 e. The first kappa shape index (κ1) is 22.4. The third-order valence-electron chi connectivity index (χ3n) is 6.71. The summed E-state index contributed by atoms with van der Waals surface area (Å²) in [4.78, 5) is 29.5. The predicted octanol–water partition coefficient (Wildman–Crippen LogP) is 2.96. The van der Waals surface area contributed by atoms with Crippen LogP contribution < -0.4 is 10.6 Å². The summed E-state index contributed by atoms with van der Waals surface area (Å²) in [5.41, 5.74) is 1.71. The topological polar surface area (TPSA) is 64.7 Å². The lowest BCUT2D eigenvalue weighted by Crippen LogP contribution is -2.63. The highest BCUT2D eigenvalue weighted by Gasteiger charge is 2.55. The lowest BCUT2D eigenvalue weighted by atomic mass is 9.76. The first-order chi connectivity index (χ1) is 15.3. The van der Waals surface area contributed by atoms with Gasteiger partial charge < -0.3 is 15.5 Å². The summed E-state index contributed by atoms with van der Waals surface area (Å²) < 4.78 is 13.9. The second-order valence-corrected chi connectivity index (χ2v) is 9.24. The number of likely N-dealkylation sites (tertiary alicyclic amines) is 2. The first-order valence-electron chi connectivity index (χ1n) is 11.1. The number of likely N-dealkylation sites (N-methyl/N-ethyl adjacent to an activating group) is 1. The molecule has 6 nitrogen and oxygen atoms in total. The number of fused-ring (bicyclic) bond motifs is 1. The number of piperidine rings is 1. The molecule has 0 unspecified atom stereocenters. The maximum absolute atomic E-state index is 13.9. The van der Waals surface area contributed by atoms with Gasteiger partial charge in [0.1, 0.15) is 5.82 Å². The summed E-state index contributed by atoms with van der Waals surface area (Å²) in [5, 5.41) is 6.08. The lowest BCUT2D eigenvalue weighted by molar-refractivity contribution is -0.122. The molecule has 4 rings (SSSR count). The summed E-state index contributed by atoms with van der Waals surface area (Å²) in [6.07, 6.45) is 0.928. The number of carbonyl (C=O) groups excluding carboxylic acids is 2. The minimum absolute atomic E-state index is 0.0113. The fourth-order valence-corrected chi connectivity index (χ4v) is 5.48. The van der Waals surface area contributed by atoms with Crippen molar-refractivity contribution in [3.63, 3.8) is 0 Å². The largest absolute Gasteiger partial charge is 0.348 e. The van der Waals surface area contributed by atoms with E-state index in [0.717, 1.165) is 25.1 Å². The molecule has 2 amide bonds. The van der Waals surface area contributed by atoms with Gasteiger partial charge >= 0.3 is 0 Å². The fraction of sp³-hybridized carbons (Fsp3) is 0.440. The number of nitrogens with one attached hydrogen (secondary N) is 2. The van der Waals surface area contributed by atoms with Gasteiger partial charge in [-0.05, 0) is 50.2 Å². The van der Waals surface area contributed by atoms with Gasteiger partial charge in [0, 0.05) is 37.7 Å². The van der Waals surface area contributed by atoms with Crippen LogP contribution in [0.15, 0.2) is 48.5 Å². The van der Waals surface area contributed by atoms with E-state index in [1.165, 1.54) is 6.07 Å². The van der Waals surface area contributed by atoms with E-state index < -0.39 is 5.54 Å². The van der Waals surface area contributed by atoms with Gasteiger partial charge in [0.2, 0.25) is 11.8 Å². The molecule has 2 aromatic carbocycles. The summed E-state index contributed by atoms with van der Waals surface area (Å²) in [6.45, 7) is 5.67. The standard InChI is InChI=1S/C25H31FN4O2/c1-17-9-10-20(13-22(17)26)27-23(32)14-30-16-25(28-18(2)31)15-29(3)12-11-21(25)24(30)19-7-5-4-6-8-19/h4-10,13,21,24H,11-12,14-16H2,1-3H3,(H,27,32)(H,28,31)/t21-,24-,25-/m1/s1. The number of aryl methyl sites for hydroxylation is 1. The van der Waals surface area contributed by atoms with Gasteiger partial charge in [-0.1, -0.05) is 36.4 Å². The van der Waals surface area contributed by atoms with Crippen LogP contribution in [0.2, 0.25) is 0 Å². The van der Waals surface area contributed by atoms with Crippen LogP contribution in [0.4, 0.5) is 10.1 Å². The van der Waals surface area contributed by atoms with Gasteiger partial charge in [0.25, 0.3) is 0 Å². The molecule has 0 saturated carbocycles. The van der Waals surface area contributed by atoms with Crippen molar-refractivity contribution in [1.82, 2.24) is 15.1 Å². The van der Waals surface area contributed by atoms with Gasteiger partial charge in [0.05, 0.1) is 12.1 Å². The van der Waals surface area contributed by atoms with Crippen LogP contribution in [0.1, 0.15) is 30.5 Å². The number of anilines is 1. The molecule has 0 radical (unpaired) electrons. The molecule has 2 aliphatic rings. The van der Waals surface area contributed by atoms with E-state index in [4.69, 9.17) is 0 Å². The third kappa shape index (κ3) is 4.54. The highest BCUT2D eigenvalue weighted by molar-refractivity contribution is 5.92. The van der Waals surface area contributed by atoms with Gasteiger partial charge in [-0.3, -0.25) is 14.5 Å². The highest BCUT2D eigenvalue weighted by Crippen LogP contribution is 2.47. The van der Waals surface area contributed by atoms with Crippen LogP contribution in [-0.4, -0.2) is 60.4 Å². The summed E-state index contributed by atoms with van der Waals surface area (Å²) in [6, 6.07) is 14.9. The number of amides is 2. The SMILES string of the molecule is CC(=O)N[C@@]12CN(C)CC[C@@H]1[C@@H](c1ccccc1)N(CC(=O)Nc1ccc(C)c(F)c1)C2. The summed E-state index contributed by atoms with van der Waals surface area (Å²) in [5.74, 6) is -0.405. The molecule has 0 aliphatic carbocycles. The molecular weight excluding hydrogens is 407 g/mol. The molecule has 7 heteroatoms. The monoisotopic (exact) mass is 438 g/mol. The summed E-state index contributed by atoms with van der Waals surface area (Å²) >= 11 is 0. The molecule has 2 aliphatic heterocycles. The van der Waals surface area contributed by atoms with Crippen molar-refractivity contribution in [2.45, 2.75) is 31.8 Å². The second kappa shape index (κ2) is 9.00. The van der Waals surface area contributed by atoms with Crippen LogP contribution >= 0.6 is 0 Å². The van der Waals surface area contributed by atoms with Crippen LogP contribution in [-0.2, 0) is 9.59 Å². The Kier molecular flexibility index (Phi) is 6.31. The van der Waals surface area contributed by atoms with Gasteiger partial charge in [0.15, 0.2) is 0 Å². The van der Waals surface area contributed by atoms with Crippen molar-refractivity contribution >= 4 is 17.5 Å². The zero-order valence-corrected chi connectivity index (χ0v) is 18.9. The second-order valence-electron chi connectivity index (χ2n) is 9.24. The number of nitrogens with zero attached hydrogens (tertiary/aromatic N) is 2. The van der Waals surface area contributed by atoms with Crippen LogP contribution in [0, 0.1) is 18.7 Å². The molecule has 0 spiro atoms. The molecule has 2 fully saturated rings. The number of benzene rings is 2. The van der Waals surface area contributed by atoms with Crippen molar-refractivity contribution in [1.29, 1.82) is 0 Å². The highest BCUT2D eigenvalue weighted by atomic mass is 19.1. The fourth-order valence-electron chi connectivity index (χ4n) is 5.48. The molecule has 2 heterocycles. The van der Waals surface area contributed by atoms with Crippen LogP contribution in [0.25, 0.3) is 0 Å². The van der Waals surface area contributed by atoms with Crippen molar-refractivity contribution in [2.24, 2.45) is 5.92 Å². The van der Waals surface area contributed by atoms with Gasteiger partial charge in [-0.2, -0.15) is 0 Å². The van der Waals surface area contributed by atoms with E-state index in [1.54, 1.807) is 26.0 Å². The third-order valence-corrected chi connectivity index (χ3v) is 6.71. The zero-order valence-electron chi connectivity index (χ0n) is 18.9. The number of rotatable bonds is 5. The van der Waals surface area contributed by atoms with E-state index in [1.807, 2.05) is 18.2 Å². The van der Waals surface area contributed by atoms with E-state index in [2.05, 4.69) is 39.6 Å². The normalized spacial score (nSPS) is 25.9. The Morgan fingerprint density at radius 2 is 1.91 bits per heavy atom. The van der Waals surface area contributed by atoms with Crippen molar-refractivity contribution in [3.8, 4) is 0 Å². The molecule has 32 heavy (non-hydrogen) atoms. The van der Waals surface area contributed by atoms with Gasteiger partial charge in [-0.15, -0.1) is 0 Å². The molecule has 2 saturated heterocycles. The maximum Gasteiger partial charge on any atom is 0.238 e.